The molecule has 0 aliphatic carbocycles. The molecule has 0 spiro atoms. The molecule has 24 heavy (non-hydrogen) atoms. The van der Waals surface area contributed by atoms with Crippen LogP contribution in [0.5, 0.6) is 0 Å². The first-order valence-electron chi connectivity index (χ1n) is 7.65. The molecule has 0 unspecified atom stereocenters. The fourth-order valence-corrected chi connectivity index (χ4v) is 2.85. The molecular formula is C19H18ClN3O. The van der Waals surface area contributed by atoms with Crippen molar-refractivity contribution in [2.75, 3.05) is 5.32 Å². The third kappa shape index (κ3) is 3.19. The minimum absolute atomic E-state index is 0.225. The zero-order valence-corrected chi connectivity index (χ0v) is 14.6. The summed E-state index contributed by atoms with van der Waals surface area (Å²) < 4.78 is 1.76. The monoisotopic (exact) mass is 339 g/mol. The number of hydrogen-bond donors (Lipinski definition) is 1. The van der Waals surface area contributed by atoms with Gasteiger partial charge in [-0.3, -0.25) is 4.79 Å². The Morgan fingerprint density at radius 3 is 2.54 bits per heavy atom. The van der Waals surface area contributed by atoms with Crippen molar-refractivity contribution in [1.29, 1.82) is 0 Å². The molecule has 0 aliphatic rings. The average molecular weight is 340 g/mol. The van der Waals surface area contributed by atoms with Crippen molar-refractivity contribution in [2.45, 2.75) is 20.8 Å². The van der Waals surface area contributed by atoms with E-state index < -0.39 is 0 Å². The van der Waals surface area contributed by atoms with E-state index in [4.69, 9.17) is 11.6 Å². The number of amides is 1. The van der Waals surface area contributed by atoms with Crippen molar-refractivity contribution in [1.82, 2.24) is 9.78 Å². The Balaban J connectivity index is 1.89. The van der Waals surface area contributed by atoms with Gasteiger partial charge in [-0.1, -0.05) is 29.8 Å². The fourth-order valence-electron chi connectivity index (χ4n) is 2.56. The molecule has 0 saturated heterocycles. The van der Waals surface area contributed by atoms with Crippen molar-refractivity contribution < 1.29 is 4.79 Å². The van der Waals surface area contributed by atoms with Crippen LogP contribution >= 0.6 is 11.6 Å². The van der Waals surface area contributed by atoms with E-state index in [1.165, 1.54) is 0 Å². The van der Waals surface area contributed by atoms with E-state index in [0.717, 1.165) is 22.5 Å². The molecule has 0 atom stereocenters. The van der Waals surface area contributed by atoms with E-state index in [9.17, 15) is 4.79 Å². The van der Waals surface area contributed by atoms with E-state index >= 15 is 0 Å². The maximum atomic E-state index is 12.6. The third-order valence-corrected chi connectivity index (χ3v) is 4.19. The lowest BCUT2D eigenvalue weighted by molar-refractivity contribution is 0.102. The second-order valence-electron chi connectivity index (χ2n) is 5.83. The molecule has 2 aromatic carbocycles. The van der Waals surface area contributed by atoms with Crippen LogP contribution in [0.1, 0.15) is 27.2 Å². The zero-order chi connectivity index (χ0) is 17.3. The highest BCUT2D eigenvalue weighted by atomic mass is 35.5. The van der Waals surface area contributed by atoms with E-state index in [-0.39, 0.29) is 5.91 Å². The van der Waals surface area contributed by atoms with Gasteiger partial charge in [-0.25, -0.2) is 4.68 Å². The first kappa shape index (κ1) is 16.3. The van der Waals surface area contributed by atoms with Crippen molar-refractivity contribution in [3.63, 3.8) is 0 Å². The Bertz CT molecular complexity index is 915. The minimum atomic E-state index is -0.225. The molecule has 1 aromatic heterocycles. The van der Waals surface area contributed by atoms with Gasteiger partial charge in [0.25, 0.3) is 5.91 Å². The number of nitrogens with zero attached hydrogens (tertiary/aromatic N) is 2. The molecule has 122 valence electrons. The number of hydrogen-bond acceptors (Lipinski definition) is 2. The summed E-state index contributed by atoms with van der Waals surface area (Å²) in [5.74, 6) is -0.225. The van der Waals surface area contributed by atoms with Gasteiger partial charge in [-0.15, -0.1) is 0 Å². The third-order valence-electron chi connectivity index (χ3n) is 3.87. The van der Waals surface area contributed by atoms with Crippen LogP contribution < -0.4 is 5.32 Å². The SMILES string of the molecule is Cc1cccc(-n2ncc(C(=O)Nc3ccc(C)cc3Cl)c2C)c1. The second kappa shape index (κ2) is 6.49. The van der Waals surface area contributed by atoms with Gasteiger partial charge in [-0.2, -0.15) is 5.10 Å². The van der Waals surface area contributed by atoms with Gasteiger partial charge >= 0.3 is 0 Å². The number of aryl methyl sites for hydroxylation is 2. The first-order valence-corrected chi connectivity index (χ1v) is 8.02. The number of nitrogens with one attached hydrogen (secondary N) is 1. The van der Waals surface area contributed by atoms with Gasteiger partial charge < -0.3 is 5.32 Å². The number of carbonyl (C=O) groups is 1. The maximum Gasteiger partial charge on any atom is 0.259 e. The quantitative estimate of drug-likeness (QED) is 0.751. The van der Waals surface area contributed by atoms with Gasteiger partial charge in [0.1, 0.15) is 0 Å². The Kier molecular flexibility index (Phi) is 4.40. The summed E-state index contributed by atoms with van der Waals surface area (Å²) in [4.78, 5) is 12.6. The maximum absolute atomic E-state index is 12.6. The molecule has 0 radical (unpaired) electrons. The predicted molar refractivity (Wildman–Crippen MR) is 97.2 cm³/mol. The molecule has 0 bridgehead atoms. The molecule has 1 amide bonds. The van der Waals surface area contributed by atoms with Crippen LogP contribution in [0, 0.1) is 20.8 Å². The minimum Gasteiger partial charge on any atom is -0.321 e. The normalized spacial score (nSPS) is 10.7. The van der Waals surface area contributed by atoms with Crippen molar-refractivity contribution in [3.8, 4) is 5.69 Å². The Morgan fingerprint density at radius 1 is 1.08 bits per heavy atom. The van der Waals surface area contributed by atoms with Gasteiger partial charge in [0.15, 0.2) is 0 Å². The lowest BCUT2D eigenvalue weighted by atomic mass is 10.2. The van der Waals surface area contributed by atoms with Crippen LogP contribution in [0.3, 0.4) is 0 Å². The molecule has 1 heterocycles. The number of aromatic nitrogens is 2. The highest BCUT2D eigenvalue weighted by Crippen LogP contribution is 2.24. The number of halogens is 1. The summed E-state index contributed by atoms with van der Waals surface area (Å²) >= 11 is 6.18. The van der Waals surface area contributed by atoms with Crippen LogP contribution in [0.15, 0.2) is 48.7 Å². The molecule has 5 heteroatoms. The smallest absolute Gasteiger partial charge is 0.259 e. The van der Waals surface area contributed by atoms with Crippen LogP contribution in [-0.4, -0.2) is 15.7 Å². The average Bonchev–Trinajstić information content (AvgIpc) is 2.92. The van der Waals surface area contributed by atoms with E-state index in [1.54, 1.807) is 16.9 Å². The van der Waals surface area contributed by atoms with Crippen LogP contribution in [0.2, 0.25) is 5.02 Å². The Labute approximate surface area is 146 Å². The van der Waals surface area contributed by atoms with Crippen LogP contribution in [-0.2, 0) is 0 Å². The largest absolute Gasteiger partial charge is 0.321 e. The van der Waals surface area contributed by atoms with Crippen LogP contribution in [0.4, 0.5) is 5.69 Å². The molecule has 0 aliphatic heterocycles. The summed E-state index contributed by atoms with van der Waals surface area (Å²) in [5.41, 5.74) is 5.01. The molecule has 3 aromatic rings. The molecular weight excluding hydrogens is 322 g/mol. The van der Waals surface area contributed by atoms with Gasteiger partial charge in [-0.05, 0) is 56.2 Å². The van der Waals surface area contributed by atoms with Crippen molar-refractivity contribution in [3.05, 3.63) is 76.1 Å². The highest BCUT2D eigenvalue weighted by Gasteiger charge is 2.16. The standard InChI is InChI=1S/C19H18ClN3O/c1-12-5-4-6-15(9-12)23-14(3)16(11-21-23)19(24)22-18-8-7-13(2)10-17(18)20/h4-11H,1-3H3,(H,22,24). The number of benzene rings is 2. The van der Waals surface area contributed by atoms with Gasteiger partial charge in [0, 0.05) is 0 Å². The van der Waals surface area contributed by atoms with Crippen molar-refractivity contribution in [2.24, 2.45) is 0 Å². The molecule has 4 nitrogen and oxygen atoms in total. The fraction of sp³-hybridized carbons (Fsp3) is 0.158. The Morgan fingerprint density at radius 2 is 1.83 bits per heavy atom. The number of rotatable bonds is 3. The lowest BCUT2D eigenvalue weighted by Gasteiger charge is -2.09. The molecule has 0 fully saturated rings. The summed E-state index contributed by atoms with van der Waals surface area (Å²) in [6.07, 6.45) is 1.58. The zero-order valence-electron chi connectivity index (χ0n) is 13.8. The Hall–Kier alpha value is -2.59. The number of carbonyl (C=O) groups excluding carboxylic acids is 1. The van der Waals surface area contributed by atoms with E-state index in [1.807, 2.05) is 57.2 Å². The number of anilines is 1. The summed E-state index contributed by atoms with van der Waals surface area (Å²) in [6.45, 7) is 5.85. The summed E-state index contributed by atoms with van der Waals surface area (Å²) in [5, 5.41) is 7.72. The lowest BCUT2D eigenvalue weighted by Crippen LogP contribution is -2.13. The summed E-state index contributed by atoms with van der Waals surface area (Å²) in [6, 6.07) is 13.5. The molecule has 3 rings (SSSR count). The van der Waals surface area contributed by atoms with E-state index in [0.29, 0.717) is 16.3 Å². The van der Waals surface area contributed by atoms with Crippen molar-refractivity contribution >= 4 is 23.2 Å². The van der Waals surface area contributed by atoms with Crippen LogP contribution in [0.25, 0.3) is 5.69 Å². The van der Waals surface area contributed by atoms with E-state index in [2.05, 4.69) is 10.4 Å². The predicted octanol–water partition coefficient (Wildman–Crippen LogP) is 4.70. The van der Waals surface area contributed by atoms with Gasteiger partial charge in [0.2, 0.25) is 0 Å². The second-order valence-corrected chi connectivity index (χ2v) is 6.24. The first-order chi connectivity index (χ1) is 11.5. The van der Waals surface area contributed by atoms with Gasteiger partial charge in [0.05, 0.1) is 33.9 Å². The highest BCUT2D eigenvalue weighted by molar-refractivity contribution is 6.34. The topological polar surface area (TPSA) is 46.9 Å². The summed E-state index contributed by atoms with van der Waals surface area (Å²) in [7, 11) is 0. The molecule has 1 N–H and O–H groups in total. The molecule has 0 saturated carbocycles.